The number of aromatic amines is 1. The first kappa shape index (κ1) is 22.5. The van der Waals surface area contributed by atoms with E-state index in [9.17, 15) is 13.2 Å². The molecule has 1 fully saturated rings. The molecule has 1 aliphatic heterocycles. The van der Waals surface area contributed by atoms with Crippen LogP contribution in [0.2, 0.25) is 0 Å². The summed E-state index contributed by atoms with van der Waals surface area (Å²) in [6.45, 7) is 1.50. The van der Waals surface area contributed by atoms with E-state index in [1.807, 2.05) is 35.8 Å². The number of aromatic nitrogens is 2. The summed E-state index contributed by atoms with van der Waals surface area (Å²) >= 11 is 1.35. The molecular weight excluding hydrogens is 472 g/mol. The maximum Gasteiger partial charge on any atom is 0.250 e. The molecule has 0 aliphatic carbocycles. The molecule has 0 radical (unpaired) electrons. The first-order chi connectivity index (χ1) is 16.5. The smallest absolute Gasteiger partial charge is 0.250 e. The summed E-state index contributed by atoms with van der Waals surface area (Å²) in [7, 11) is -3.54. The predicted octanol–water partition coefficient (Wildman–Crippen LogP) is 3.96. The van der Waals surface area contributed by atoms with Crippen LogP contribution in [0.25, 0.3) is 28.2 Å². The highest BCUT2D eigenvalue weighted by Gasteiger charge is 2.25. The fourth-order valence-electron chi connectivity index (χ4n) is 3.74. The van der Waals surface area contributed by atoms with Crippen LogP contribution in [0, 0.1) is 0 Å². The number of nitrogens with one attached hydrogen (secondary N) is 2. The van der Waals surface area contributed by atoms with Crippen molar-refractivity contribution in [1.82, 2.24) is 14.3 Å². The molecule has 1 amide bonds. The molecule has 174 valence electrons. The second-order valence-electron chi connectivity index (χ2n) is 7.69. The number of nitrogens with zero attached hydrogens (tertiary/aromatic N) is 2. The zero-order chi connectivity index (χ0) is 23.5. The molecule has 0 unspecified atom stereocenters. The summed E-state index contributed by atoms with van der Waals surface area (Å²) in [6.07, 6.45) is 4.95. The monoisotopic (exact) mass is 494 g/mol. The zero-order valence-electron chi connectivity index (χ0n) is 18.1. The molecule has 0 spiro atoms. The van der Waals surface area contributed by atoms with Crippen LogP contribution < -0.4 is 5.32 Å². The van der Waals surface area contributed by atoms with Crippen LogP contribution in [0.15, 0.2) is 71.1 Å². The minimum absolute atomic E-state index is 0.226. The number of anilines is 1. The molecule has 1 aliphatic rings. The lowest BCUT2D eigenvalue weighted by Crippen LogP contribution is -2.40. The Bertz CT molecular complexity index is 1450. The number of morpholine rings is 1. The van der Waals surface area contributed by atoms with Crippen molar-refractivity contribution in [3.05, 3.63) is 71.7 Å². The predicted molar refractivity (Wildman–Crippen MR) is 133 cm³/mol. The average molecular weight is 495 g/mol. The number of ether oxygens (including phenoxy) is 1. The van der Waals surface area contributed by atoms with E-state index < -0.39 is 10.0 Å². The van der Waals surface area contributed by atoms with E-state index in [1.165, 1.54) is 21.7 Å². The van der Waals surface area contributed by atoms with Crippen LogP contribution in [-0.2, 0) is 19.6 Å². The average Bonchev–Trinajstić information content (AvgIpc) is 3.50. The number of carbonyl (C=O) groups excluding carboxylic acids is 1. The standard InChI is InChI=1S/C24H22N4O4S2/c29-23(27-24-26-22(16-33-24)20-15-25-21-4-2-1-3-19(20)21)10-7-17-5-8-18(9-6-17)34(30,31)28-11-13-32-14-12-28/h1-10,15-16,25H,11-14H2,(H,26,27,29). The van der Waals surface area contributed by atoms with Crippen LogP contribution >= 0.6 is 11.3 Å². The number of para-hydroxylation sites is 1. The Kier molecular flexibility index (Phi) is 6.29. The van der Waals surface area contributed by atoms with E-state index >= 15 is 0 Å². The SMILES string of the molecule is O=C(C=Cc1ccc(S(=O)(=O)N2CCOCC2)cc1)Nc1nc(-c2c[nH]c3ccccc23)cs1. The van der Waals surface area contributed by atoms with Crippen molar-refractivity contribution in [1.29, 1.82) is 0 Å². The van der Waals surface area contributed by atoms with Crippen molar-refractivity contribution in [3.63, 3.8) is 0 Å². The van der Waals surface area contributed by atoms with Gasteiger partial charge >= 0.3 is 0 Å². The fraction of sp³-hybridized carbons (Fsp3) is 0.167. The third-order valence-corrected chi connectivity index (χ3v) is 8.19. The van der Waals surface area contributed by atoms with E-state index in [0.29, 0.717) is 31.4 Å². The van der Waals surface area contributed by atoms with E-state index in [1.54, 1.807) is 30.3 Å². The normalized spacial score (nSPS) is 15.2. The number of hydrogen-bond acceptors (Lipinski definition) is 6. The van der Waals surface area contributed by atoms with Gasteiger partial charge in [0, 0.05) is 47.2 Å². The van der Waals surface area contributed by atoms with Crippen molar-refractivity contribution in [2.45, 2.75) is 4.90 Å². The van der Waals surface area contributed by atoms with Gasteiger partial charge < -0.3 is 9.72 Å². The second-order valence-corrected chi connectivity index (χ2v) is 10.5. The van der Waals surface area contributed by atoms with Gasteiger partial charge in [0.15, 0.2) is 5.13 Å². The second kappa shape index (κ2) is 9.51. The Labute approximate surface area is 201 Å². The third kappa shape index (κ3) is 4.66. The molecule has 2 aromatic carbocycles. The van der Waals surface area contributed by atoms with E-state index in [0.717, 1.165) is 27.7 Å². The van der Waals surface area contributed by atoms with Gasteiger partial charge in [0.05, 0.1) is 23.8 Å². The van der Waals surface area contributed by atoms with Gasteiger partial charge in [-0.1, -0.05) is 30.3 Å². The van der Waals surface area contributed by atoms with Crippen LogP contribution in [0.1, 0.15) is 5.56 Å². The number of thiazole rings is 1. The molecule has 4 aromatic rings. The lowest BCUT2D eigenvalue weighted by molar-refractivity contribution is -0.111. The summed E-state index contributed by atoms with van der Waals surface area (Å²) in [5.41, 5.74) is 3.52. The summed E-state index contributed by atoms with van der Waals surface area (Å²) in [6, 6.07) is 14.4. The fourth-order valence-corrected chi connectivity index (χ4v) is 5.87. The van der Waals surface area contributed by atoms with Crippen molar-refractivity contribution in [2.75, 3.05) is 31.6 Å². The van der Waals surface area contributed by atoms with Crippen LogP contribution in [0.5, 0.6) is 0 Å². The molecule has 34 heavy (non-hydrogen) atoms. The Balaban J connectivity index is 1.23. The van der Waals surface area contributed by atoms with Gasteiger partial charge in [0.2, 0.25) is 15.9 Å². The van der Waals surface area contributed by atoms with Crippen molar-refractivity contribution in [2.24, 2.45) is 0 Å². The van der Waals surface area contributed by atoms with Gasteiger partial charge in [0.25, 0.3) is 0 Å². The molecule has 3 heterocycles. The first-order valence-corrected chi connectivity index (χ1v) is 13.0. The number of H-pyrrole nitrogens is 1. The summed E-state index contributed by atoms with van der Waals surface area (Å²) in [5, 5.41) is 6.26. The van der Waals surface area contributed by atoms with Crippen LogP contribution in [0.3, 0.4) is 0 Å². The number of hydrogen-bond donors (Lipinski definition) is 2. The number of benzene rings is 2. The quantitative estimate of drug-likeness (QED) is 0.395. The maximum absolute atomic E-state index is 12.7. The summed E-state index contributed by atoms with van der Waals surface area (Å²) in [5.74, 6) is -0.315. The number of amides is 1. The molecule has 8 nitrogen and oxygen atoms in total. The summed E-state index contributed by atoms with van der Waals surface area (Å²) in [4.78, 5) is 20.4. The Morgan fingerprint density at radius 1 is 1.12 bits per heavy atom. The van der Waals surface area contributed by atoms with Gasteiger partial charge in [0.1, 0.15) is 0 Å². The molecule has 2 N–H and O–H groups in total. The highest BCUT2D eigenvalue weighted by atomic mass is 32.2. The Morgan fingerprint density at radius 3 is 2.68 bits per heavy atom. The number of fused-ring (bicyclic) bond motifs is 1. The van der Waals surface area contributed by atoms with Gasteiger partial charge in [-0.3, -0.25) is 10.1 Å². The number of sulfonamides is 1. The molecule has 5 rings (SSSR count). The molecule has 1 saturated heterocycles. The number of carbonyl (C=O) groups is 1. The van der Waals surface area contributed by atoms with Crippen molar-refractivity contribution < 1.29 is 17.9 Å². The van der Waals surface area contributed by atoms with Crippen molar-refractivity contribution in [3.8, 4) is 11.3 Å². The van der Waals surface area contributed by atoms with Gasteiger partial charge in [-0.15, -0.1) is 11.3 Å². The molecular formula is C24H22N4O4S2. The molecule has 0 bridgehead atoms. The van der Waals surface area contributed by atoms with Gasteiger partial charge in [-0.2, -0.15) is 4.31 Å². The molecule has 10 heteroatoms. The maximum atomic E-state index is 12.7. The molecule has 0 atom stereocenters. The topological polar surface area (TPSA) is 104 Å². The van der Waals surface area contributed by atoms with E-state index in [-0.39, 0.29) is 10.8 Å². The van der Waals surface area contributed by atoms with Crippen LogP contribution in [-0.4, -0.2) is 54.9 Å². The zero-order valence-corrected chi connectivity index (χ0v) is 19.7. The molecule has 0 saturated carbocycles. The highest BCUT2D eigenvalue weighted by Crippen LogP contribution is 2.31. The van der Waals surface area contributed by atoms with E-state index in [2.05, 4.69) is 15.3 Å². The third-order valence-electron chi connectivity index (χ3n) is 5.51. The minimum Gasteiger partial charge on any atom is -0.379 e. The van der Waals surface area contributed by atoms with Crippen molar-refractivity contribution >= 4 is 49.4 Å². The lowest BCUT2D eigenvalue weighted by atomic mass is 10.1. The largest absolute Gasteiger partial charge is 0.379 e. The van der Waals surface area contributed by atoms with Crippen LogP contribution in [0.4, 0.5) is 5.13 Å². The van der Waals surface area contributed by atoms with Gasteiger partial charge in [-0.05, 0) is 29.8 Å². The first-order valence-electron chi connectivity index (χ1n) is 10.7. The lowest BCUT2D eigenvalue weighted by Gasteiger charge is -2.26. The Morgan fingerprint density at radius 2 is 1.88 bits per heavy atom. The molecule has 2 aromatic heterocycles. The van der Waals surface area contributed by atoms with Gasteiger partial charge in [-0.25, -0.2) is 13.4 Å². The van der Waals surface area contributed by atoms with E-state index in [4.69, 9.17) is 4.74 Å². The number of rotatable bonds is 6. The highest BCUT2D eigenvalue weighted by molar-refractivity contribution is 7.89. The Hall–Kier alpha value is -3.31. The summed E-state index contributed by atoms with van der Waals surface area (Å²) < 4.78 is 32.1. The minimum atomic E-state index is -3.54.